The molecule has 0 radical (unpaired) electrons. The standard InChI is InChI=1S/C12H24N4O3/c1-19-6-4-10(13)11(17)16-5-2-3-9(8-16)7-15-12(14)18/h9-10H,2-8,13H2,1H3,(H3,14,15,18). The Labute approximate surface area is 113 Å². The highest BCUT2D eigenvalue weighted by atomic mass is 16.5. The van der Waals surface area contributed by atoms with E-state index in [1.54, 1.807) is 12.0 Å². The van der Waals surface area contributed by atoms with Gasteiger partial charge in [0.2, 0.25) is 5.91 Å². The third-order valence-corrected chi connectivity index (χ3v) is 3.35. The first-order chi connectivity index (χ1) is 9.04. The molecule has 5 N–H and O–H groups in total. The number of amides is 3. The van der Waals surface area contributed by atoms with Crippen molar-refractivity contribution in [3.63, 3.8) is 0 Å². The summed E-state index contributed by atoms with van der Waals surface area (Å²) in [5.74, 6) is 0.209. The SMILES string of the molecule is COCCC(N)C(=O)N1CCCC(CNC(N)=O)C1. The molecule has 7 heteroatoms. The summed E-state index contributed by atoms with van der Waals surface area (Å²) in [5, 5.41) is 2.59. The Hall–Kier alpha value is -1.34. The lowest BCUT2D eigenvalue weighted by Crippen LogP contribution is -2.50. The molecule has 1 heterocycles. The molecule has 0 aliphatic carbocycles. The summed E-state index contributed by atoms with van der Waals surface area (Å²) in [4.78, 5) is 24.6. The van der Waals surface area contributed by atoms with E-state index in [2.05, 4.69) is 5.32 Å². The summed E-state index contributed by atoms with van der Waals surface area (Å²) in [6.07, 6.45) is 2.43. The number of rotatable bonds is 6. The number of hydrogen-bond acceptors (Lipinski definition) is 4. The average molecular weight is 272 g/mol. The number of primary amides is 1. The number of carbonyl (C=O) groups is 2. The summed E-state index contributed by atoms with van der Waals surface area (Å²) >= 11 is 0. The molecule has 2 unspecified atom stereocenters. The third-order valence-electron chi connectivity index (χ3n) is 3.35. The molecule has 0 spiro atoms. The normalized spacial score (nSPS) is 20.9. The van der Waals surface area contributed by atoms with Gasteiger partial charge in [0.25, 0.3) is 0 Å². The van der Waals surface area contributed by atoms with E-state index < -0.39 is 12.1 Å². The predicted molar refractivity (Wildman–Crippen MR) is 71.4 cm³/mol. The fraction of sp³-hybridized carbons (Fsp3) is 0.833. The second-order valence-electron chi connectivity index (χ2n) is 4.93. The number of urea groups is 1. The minimum absolute atomic E-state index is 0.0409. The molecule has 0 bridgehead atoms. The Morgan fingerprint density at radius 2 is 2.26 bits per heavy atom. The molecule has 19 heavy (non-hydrogen) atoms. The summed E-state index contributed by atoms with van der Waals surface area (Å²) in [7, 11) is 1.59. The van der Waals surface area contributed by atoms with Gasteiger partial charge in [0.15, 0.2) is 0 Å². The van der Waals surface area contributed by atoms with Gasteiger partial charge in [-0.05, 0) is 25.2 Å². The van der Waals surface area contributed by atoms with Gasteiger partial charge in [0, 0.05) is 33.4 Å². The summed E-state index contributed by atoms with van der Waals surface area (Å²) in [6.45, 7) is 2.34. The molecule has 1 aliphatic heterocycles. The first kappa shape index (κ1) is 15.7. The number of carbonyl (C=O) groups excluding carboxylic acids is 2. The summed E-state index contributed by atoms with van der Waals surface area (Å²) < 4.78 is 4.92. The largest absolute Gasteiger partial charge is 0.385 e. The van der Waals surface area contributed by atoms with Crippen molar-refractivity contribution in [3.8, 4) is 0 Å². The molecule has 1 saturated heterocycles. The van der Waals surface area contributed by atoms with E-state index in [1.807, 2.05) is 0 Å². The monoisotopic (exact) mass is 272 g/mol. The maximum atomic E-state index is 12.1. The minimum atomic E-state index is -0.528. The fourth-order valence-corrected chi connectivity index (χ4v) is 2.28. The van der Waals surface area contributed by atoms with Gasteiger partial charge in [-0.1, -0.05) is 0 Å². The number of likely N-dealkylation sites (tertiary alicyclic amines) is 1. The maximum Gasteiger partial charge on any atom is 0.312 e. The molecular formula is C12H24N4O3. The Bertz CT molecular complexity index is 311. The lowest BCUT2D eigenvalue weighted by atomic mass is 9.97. The maximum absolute atomic E-state index is 12.1. The van der Waals surface area contributed by atoms with Crippen LogP contribution >= 0.6 is 0 Å². The van der Waals surface area contributed by atoms with Crippen LogP contribution in [0.2, 0.25) is 0 Å². The smallest absolute Gasteiger partial charge is 0.312 e. The van der Waals surface area contributed by atoms with E-state index in [0.717, 1.165) is 19.4 Å². The number of piperidine rings is 1. The zero-order valence-electron chi connectivity index (χ0n) is 11.4. The van der Waals surface area contributed by atoms with Crippen LogP contribution in [-0.2, 0) is 9.53 Å². The second kappa shape index (κ2) is 7.96. The Kier molecular flexibility index (Phi) is 6.58. The van der Waals surface area contributed by atoms with Gasteiger partial charge in [-0.3, -0.25) is 4.79 Å². The van der Waals surface area contributed by atoms with E-state index in [0.29, 0.717) is 26.1 Å². The lowest BCUT2D eigenvalue weighted by Gasteiger charge is -2.34. The topological polar surface area (TPSA) is 111 Å². The average Bonchev–Trinajstić information content (AvgIpc) is 2.42. The molecule has 1 rings (SSSR count). The molecule has 0 aromatic heterocycles. The van der Waals surface area contributed by atoms with Gasteiger partial charge in [-0.25, -0.2) is 4.79 Å². The Morgan fingerprint density at radius 3 is 2.89 bits per heavy atom. The number of ether oxygens (including phenoxy) is 1. The van der Waals surface area contributed by atoms with E-state index >= 15 is 0 Å². The molecule has 1 fully saturated rings. The number of nitrogens with zero attached hydrogens (tertiary/aromatic N) is 1. The van der Waals surface area contributed by atoms with Crippen molar-refractivity contribution < 1.29 is 14.3 Å². The van der Waals surface area contributed by atoms with Gasteiger partial charge in [0.05, 0.1) is 6.04 Å². The van der Waals surface area contributed by atoms with E-state index in [9.17, 15) is 9.59 Å². The molecule has 0 aromatic carbocycles. The summed E-state index contributed by atoms with van der Waals surface area (Å²) in [6, 6.07) is -1.04. The van der Waals surface area contributed by atoms with Gasteiger partial charge in [0.1, 0.15) is 0 Å². The van der Waals surface area contributed by atoms with Crippen molar-refractivity contribution in [1.29, 1.82) is 0 Å². The first-order valence-corrected chi connectivity index (χ1v) is 6.61. The predicted octanol–water partition coefficient (Wildman–Crippen LogP) is -0.743. The van der Waals surface area contributed by atoms with Crippen LogP contribution in [0.5, 0.6) is 0 Å². The van der Waals surface area contributed by atoms with Crippen molar-refractivity contribution in [3.05, 3.63) is 0 Å². The molecule has 3 amide bonds. The number of nitrogens with one attached hydrogen (secondary N) is 1. The molecule has 110 valence electrons. The van der Waals surface area contributed by atoms with Crippen LogP contribution in [0.25, 0.3) is 0 Å². The molecule has 2 atom stereocenters. The molecule has 1 aliphatic rings. The summed E-state index contributed by atoms with van der Waals surface area (Å²) in [5.41, 5.74) is 10.9. The van der Waals surface area contributed by atoms with Crippen molar-refractivity contribution >= 4 is 11.9 Å². The van der Waals surface area contributed by atoms with Gasteiger partial charge in [-0.2, -0.15) is 0 Å². The van der Waals surface area contributed by atoms with Gasteiger partial charge >= 0.3 is 6.03 Å². The highest BCUT2D eigenvalue weighted by Crippen LogP contribution is 2.16. The van der Waals surface area contributed by atoms with Crippen molar-refractivity contribution in [2.75, 3.05) is 33.4 Å². The van der Waals surface area contributed by atoms with Crippen molar-refractivity contribution in [2.24, 2.45) is 17.4 Å². The van der Waals surface area contributed by atoms with Crippen LogP contribution in [0.3, 0.4) is 0 Å². The zero-order chi connectivity index (χ0) is 14.3. The van der Waals surface area contributed by atoms with Crippen LogP contribution in [0, 0.1) is 5.92 Å². The highest BCUT2D eigenvalue weighted by molar-refractivity contribution is 5.81. The molecule has 0 aromatic rings. The molecule has 0 saturated carbocycles. The Morgan fingerprint density at radius 1 is 1.53 bits per heavy atom. The Balaban J connectivity index is 2.40. The van der Waals surface area contributed by atoms with Gasteiger partial charge < -0.3 is 26.4 Å². The number of methoxy groups -OCH3 is 1. The third kappa shape index (κ3) is 5.44. The number of nitrogens with two attached hydrogens (primary N) is 2. The first-order valence-electron chi connectivity index (χ1n) is 6.61. The van der Waals surface area contributed by atoms with E-state index in [1.165, 1.54) is 0 Å². The van der Waals surface area contributed by atoms with Gasteiger partial charge in [-0.15, -0.1) is 0 Å². The van der Waals surface area contributed by atoms with Crippen LogP contribution in [0.15, 0.2) is 0 Å². The van der Waals surface area contributed by atoms with Crippen LogP contribution in [0.4, 0.5) is 4.79 Å². The van der Waals surface area contributed by atoms with Crippen molar-refractivity contribution in [1.82, 2.24) is 10.2 Å². The highest BCUT2D eigenvalue weighted by Gasteiger charge is 2.26. The van der Waals surface area contributed by atoms with Crippen LogP contribution in [-0.4, -0.2) is 56.2 Å². The van der Waals surface area contributed by atoms with E-state index in [-0.39, 0.29) is 11.8 Å². The number of hydrogen-bond donors (Lipinski definition) is 3. The lowest BCUT2D eigenvalue weighted by molar-refractivity contribution is -0.134. The van der Waals surface area contributed by atoms with Crippen LogP contribution < -0.4 is 16.8 Å². The van der Waals surface area contributed by atoms with Crippen LogP contribution in [0.1, 0.15) is 19.3 Å². The van der Waals surface area contributed by atoms with Crippen molar-refractivity contribution in [2.45, 2.75) is 25.3 Å². The van der Waals surface area contributed by atoms with E-state index in [4.69, 9.17) is 16.2 Å². The zero-order valence-corrected chi connectivity index (χ0v) is 11.4. The molecule has 7 nitrogen and oxygen atoms in total. The second-order valence-corrected chi connectivity index (χ2v) is 4.93. The fourth-order valence-electron chi connectivity index (χ4n) is 2.28. The molecular weight excluding hydrogens is 248 g/mol. The minimum Gasteiger partial charge on any atom is -0.385 e. The quantitative estimate of drug-likeness (QED) is 0.591.